The zero-order chi connectivity index (χ0) is 14.4. The van der Waals surface area contributed by atoms with Gasteiger partial charge in [-0.2, -0.15) is 0 Å². The molecular weight excluding hydrogens is 246 g/mol. The first-order chi connectivity index (χ1) is 8.95. The van der Waals surface area contributed by atoms with Crippen LogP contribution in [0.1, 0.15) is 17.5 Å². The topological polar surface area (TPSA) is 66.8 Å². The molecule has 5 heteroatoms. The summed E-state index contributed by atoms with van der Waals surface area (Å²) in [7, 11) is 1.44. The number of carboxylic acids is 1. The zero-order valence-corrected chi connectivity index (χ0v) is 11.5. The van der Waals surface area contributed by atoms with Crippen molar-refractivity contribution in [1.82, 2.24) is 0 Å². The molecule has 1 aromatic carbocycles. The van der Waals surface area contributed by atoms with E-state index in [2.05, 4.69) is 0 Å². The van der Waals surface area contributed by atoms with Crippen molar-refractivity contribution in [2.75, 3.05) is 25.2 Å². The Kier molecular flexibility index (Phi) is 5.51. The first-order valence-corrected chi connectivity index (χ1v) is 6.04. The second-order valence-corrected chi connectivity index (χ2v) is 4.41. The van der Waals surface area contributed by atoms with Crippen LogP contribution in [0.25, 0.3) is 0 Å². The predicted octanol–water partition coefficient (Wildman–Crippen LogP) is 1.76. The van der Waals surface area contributed by atoms with Crippen molar-refractivity contribution in [1.29, 1.82) is 0 Å². The summed E-state index contributed by atoms with van der Waals surface area (Å²) in [5, 5.41) is 8.78. The number of carbonyl (C=O) groups excluding carboxylic acids is 1. The molecule has 1 N–H and O–H groups in total. The van der Waals surface area contributed by atoms with E-state index in [1.807, 2.05) is 32.0 Å². The van der Waals surface area contributed by atoms with Crippen LogP contribution in [0.15, 0.2) is 18.2 Å². The Labute approximate surface area is 112 Å². The Morgan fingerprint density at radius 2 is 2.00 bits per heavy atom. The molecule has 0 saturated carbocycles. The third-order valence-corrected chi connectivity index (χ3v) is 2.77. The molecular formula is C14H19NO4. The molecule has 0 aliphatic carbocycles. The third kappa shape index (κ3) is 4.37. The molecule has 1 rings (SSSR count). The van der Waals surface area contributed by atoms with E-state index < -0.39 is 5.97 Å². The zero-order valence-electron chi connectivity index (χ0n) is 11.5. The van der Waals surface area contributed by atoms with Gasteiger partial charge >= 0.3 is 5.97 Å². The first-order valence-electron chi connectivity index (χ1n) is 6.04. The van der Waals surface area contributed by atoms with Gasteiger partial charge in [0.05, 0.1) is 6.42 Å². The maximum atomic E-state index is 12.0. The number of methoxy groups -OCH3 is 1. The number of aryl methyl sites for hydroxylation is 2. The number of nitrogens with zero attached hydrogens (tertiary/aromatic N) is 1. The molecule has 19 heavy (non-hydrogen) atoms. The number of aliphatic carboxylic acids is 1. The highest BCUT2D eigenvalue weighted by Crippen LogP contribution is 2.22. The van der Waals surface area contributed by atoms with Crippen LogP contribution in [0.4, 0.5) is 5.69 Å². The fourth-order valence-electron chi connectivity index (χ4n) is 1.80. The Balaban J connectivity index is 3.03. The molecule has 0 fully saturated rings. The summed E-state index contributed by atoms with van der Waals surface area (Å²) in [5.74, 6) is -1.17. The molecule has 0 aromatic heterocycles. The molecule has 5 nitrogen and oxygen atoms in total. The maximum absolute atomic E-state index is 12.0. The Bertz CT molecular complexity index is 471. The van der Waals surface area contributed by atoms with Crippen molar-refractivity contribution in [3.63, 3.8) is 0 Å². The van der Waals surface area contributed by atoms with Crippen molar-refractivity contribution in [3.05, 3.63) is 29.3 Å². The van der Waals surface area contributed by atoms with Crippen molar-refractivity contribution in [2.45, 2.75) is 20.3 Å². The lowest BCUT2D eigenvalue weighted by Gasteiger charge is -2.24. The van der Waals surface area contributed by atoms with Crippen molar-refractivity contribution < 1.29 is 19.4 Å². The van der Waals surface area contributed by atoms with Gasteiger partial charge in [-0.1, -0.05) is 12.1 Å². The highest BCUT2D eigenvalue weighted by atomic mass is 16.5. The van der Waals surface area contributed by atoms with Crippen molar-refractivity contribution in [2.24, 2.45) is 0 Å². The summed E-state index contributed by atoms with van der Waals surface area (Å²) >= 11 is 0. The number of hydrogen-bond acceptors (Lipinski definition) is 3. The molecule has 1 aromatic rings. The summed E-state index contributed by atoms with van der Waals surface area (Å²) in [5.41, 5.74) is 2.69. The summed E-state index contributed by atoms with van der Waals surface area (Å²) < 4.78 is 4.84. The van der Waals surface area contributed by atoms with Gasteiger partial charge in [-0.25, -0.2) is 0 Å². The number of carboxylic acid groups (broad SMARTS) is 1. The van der Waals surface area contributed by atoms with Crippen molar-refractivity contribution >= 4 is 17.6 Å². The van der Waals surface area contributed by atoms with Crippen LogP contribution >= 0.6 is 0 Å². The summed E-state index contributed by atoms with van der Waals surface area (Å²) in [6.45, 7) is 3.90. The van der Waals surface area contributed by atoms with Gasteiger partial charge in [0, 0.05) is 19.3 Å². The maximum Gasteiger partial charge on any atom is 0.305 e. The van der Waals surface area contributed by atoms with Gasteiger partial charge in [-0.3, -0.25) is 9.59 Å². The third-order valence-electron chi connectivity index (χ3n) is 2.77. The van der Waals surface area contributed by atoms with Gasteiger partial charge in [-0.05, 0) is 31.0 Å². The normalized spacial score (nSPS) is 10.3. The SMILES string of the molecule is COCC(=O)N(CCC(=O)O)c1cc(C)ccc1C. The van der Waals surface area contributed by atoms with E-state index in [-0.39, 0.29) is 25.5 Å². The standard InChI is InChI=1S/C14H19NO4/c1-10-4-5-11(2)12(8-10)15(7-6-14(17)18)13(16)9-19-3/h4-5,8H,6-7,9H2,1-3H3,(H,17,18). The molecule has 0 atom stereocenters. The number of rotatable bonds is 6. The molecule has 0 saturated heterocycles. The second-order valence-electron chi connectivity index (χ2n) is 4.41. The number of carbonyl (C=O) groups is 2. The van der Waals surface area contributed by atoms with Crippen LogP contribution in [0.2, 0.25) is 0 Å². The first kappa shape index (κ1) is 15.2. The van der Waals surface area contributed by atoms with Crippen LogP contribution in [0, 0.1) is 13.8 Å². The molecule has 0 heterocycles. The van der Waals surface area contributed by atoms with Crippen LogP contribution in [0.5, 0.6) is 0 Å². The quantitative estimate of drug-likeness (QED) is 0.851. The summed E-state index contributed by atoms with van der Waals surface area (Å²) in [6.07, 6.45) is -0.0944. The van der Waals surface area contributed by atoms with Gasteiger partial charge in [0.2, 0.25) is 0 Å². The molecule has 0 unspecified atom stereocenters. The minimum absolute atomic E-state index is 0.0625. The second kappa shape index (κ2) is 6.89. The minimum Gasteiger partial charge on any atom is -0.481 e. The van der Waals surface area contributed by atoms with Crippen LogP contribution in [-0.4, -0.2) is 37.2 Å². The molecule has 0 aliphatic rings. The smallest absolute Gasteiger partial charge is 0.305 e. The average Bonchev–Trinajstić information content (AvgIpc) is 2.33. The van der Waals surface area contributed by atoms with Crippen LogP contribution in [0.3, 0.4) is 0 Å². The van der Waals surface area contributed by atoms with Gasteiger partial charge in [0.15, 0.2) is 0 Å². The van der Waals surface area contributed by atoms with Gasteiger partial charge in [-0.15, -0.1) is 0 Å². The van der Waals surface area contributed by atoms with E-state index in [9.17, 15) is 9.59 Å². The summed E-state index contributed by atoms with van der Waals surface area (Å²) in [6, 6.07) is 5.75. The molecule has 104 valence electrons. The lowest BCUT2D eigenvalue weighted by Crippen LogP contribution is -2.36. The van der Waals surface area contributed by atoms with E-state index in [0.717, 1.165) is 16.8 Å². The Hall–Kier alpha value is -1.88. The monoisotopic (exact) mass is 265 g/mol. The summed E-state index contributed by atoms with van der Waals surface area (Å²) in [4.78, 5) is 24.2. The Morgan fingerprint density at radius 3 is 2.58 bits per heavy atom. The number of anilines is 1. The van der Waals surface area contributed by atoms with Crippen LogP contribution in [-0.2, 0) is 14.3 Å². The van der Waals surface area contributed by atoms with E-state index in [4.69, 9.17) is 9.84 Å². The highest BCUT2D eigenvalue weighted by Gasteiger charge is 2.18. The van der Waals surface area contributed by atoms with E-state index >= 15 is 0 Å². The Morgan fingerprint density at radius 1 is 1.32 bits per heavy atom. The number of benzene rings is 1. The minimum atomic E-state index is -0.930. The lowest BCUT2D eigenvalue weighted by molar-refractivity contribution is -0.136. The van der Waals surface area contributed by atoms with Gasteiger partial charge in [0.25, 0.3) is 5.91 Å². The largest absolute Gasteiger partial charge is 0.481 e. The number of hydrogen-bond donors (Lipinski definition) is 1. The predicted molar refractivity (Wildman–Crippen MR) is 72.4 cm³/mol. The molecule has 0 bridgehead atoms. The molecule has 0 radical (unpaired) electrons. The number of amides is 1. The lowest BCUT2D eigenvalue weighted by atomic mass is 10.1. The fourth-order valence-corrected chi connectivity index (χ4v) is 1.80. The molecule has 0 spiro atoms. The highest BCUT2D eigenvalue weighted by molar-refractivity contribution is 5.95. The van der Waals surface area contributed by atoms with Crippen LogP contribution < -0.4 is 4.90 Å². The molecule has 1 amide bonds. The number of ether oxygens (including phenoxy) is 1. The van der Waals surface area contributed by atoms with E-state index in [0.29, 0.717) is 0 Å². The van der Waals surface area contributed by atoms with Gasteiger partial charge < -0.3 is 14.7 Å². The molecule has 0 aliphatic heterocycles. The average molecular weight is 265 g/mol. The fraction of sp³-hybridized carbons (Fsp3) is 0.429. The van der Waals surface area contributed by atoms with E-state index in [1.165, 1.54) is 12.0 Å². The van der Waals surface area contributed by atoms with E-state index in [1.54, 1.807) is 0 Å². The van der Waals surface area contributed by atoms with Gasteiger partial charge in [0.1, 0.15) is 6.61 Å². The van der Waals surface area contributed by atoms with Crippen molar-refractivity contribution in [3.8, 4) is 0 Å².